The van der Waals surface area contributed by atoms with Gasteiger partial charge in [0.25, 0.3) is 0 Å². The maximum Gasteiger partial charge on any atom is 0.240 e. The molecule has 1 heterocycles. The van der Waals surface area contributed by atoms with Crippen LogP contribution < -0.4 is 16.9 Å². The lowest BCUT2D eigenvalue weighted by molar-refractivity contribution is 0.415. The van der Waals surface area contributed by atoms with Gasteiger partial charge in [0.2, 0.25) is 5.95 Å². The molecule has 0 bridgehead atoms. The molecular weight excluding hydrogens is 168 g/mol. The van der Waals surface area contributed by atoms with Gasteiger partial charge >= 0.3 is 0 Å². The van der Waals surface area contributed by atoms with E-state index in [1.807, 2.05) is 0 Å². The topological polar surface area (TPSA) is 94.8 Å². The highest BCUT2D eigenvalue weighted by Gasteiger charge is 2.12. The summed E-state index contributed by atoms with van der Waals surface area (Å²) >= 11 is 0. The number of nitrogens with zero attached hydrogens (tertiary/aromatic N) is 3. The van der Waals surface area contributed by atoms with Gasteiger partial charge < -0.3 is 16.9 Å². The van der Waals surface area contributed by atoms with Gasteiger partial charge in [0.05, 0.1) is 6.54 Å². The molecule has 0 aliphatic heterocycles. The molecule has 0 saturated heterocycles. The third kappa shape index (κ3) is 2.59. The van der Waals surface area contributed by atoms with Gasteiger partial charge in [-0.1, -0.05) is 0 Å². The van der Waals surface area contributed by atoms with Gasteiger partial charge in [-0.3, -0.25) is 0 Å². The zero-order valence-electron chi connectivity index (χ0n) is 8.20. The van der Waals surface area contributed by atoms with Gasteiger partial charge in [-0.05, 0) is 20.8 Å². The lowest BCUT2D eigenvalue weighted by Crippen LogP contribution is -2.36. The molecule has 6 heteroatoms. The molecule has 0 aromatic carbocycles. The summed E-state index contributed by atoms with van der Waals surface area (Å²) < 4.78 is 1.28. The van der Waals surface area contributed by atoms with E-state index in [9.17, 15) is 0 Å². The fourth-order valence-corrected chi connectivity index (χ4v) is 0.802. The third-order valence-corrected chi connectivity index (χ3v) is 1.57. The van der Waals surface area contributed by atoms with Crippen molar-refractivity contribution in [2.75, 3.05) is 11.6 Å². The van der Waals surface area contributed by atoms with Crippen LogP contribution in [0.5, 0.6) is 0 Å². The van der Waals surface area contributed by atoms with E-state index in [2.05, 4.69) is 36.3 Å². The highest BCUT2D eigenvalue weighted by atomic mass is 15.4. The first-order valence-electron chi connectivity index (χ1n) is 4.10. The summed E-state index contributed by atoms with van der Waals surface area (Å²) in [6, 6.07) is 0. The lowest BCUT2D eigenvalue weighted by Gasteiger charge is -2.19. The number of nitrogen functional groups attached to an aromatic ring is 2. The highest BCUT2D eigenvalue weighted by Crippen LogP contribution is 2.02. The van der Waals surface area contributed by atoms with Crippen LogP contribution >= 0.6 is 0 Å². The average molecular weight is 184 g/mol. The fraction of sp³-hybridized carbons (Fsp3) is 0.714. The van der Waals surface area contributed by atoms with Crippen molar-refractivity contribution in [2.45, 2.75) is 32.9 Å². The lowest BCUT2D eigenvalue weighted by atomic mass is 10.1. The summed E-state index contributed by atoms with van der Waals surface area (Å²) in [6.45, 7) is 6.75. The second-order valence-electron chi connectivity index (χ2n) is 3.95. The molecule has 74 valence electrons. The molecule has 13 heavy (non-hydrogen) atoms. The van der Waals surface area contributed by atoms with Gasteiger partial charge in [-0.25, -0.2) is 4.68 Å². The second-order valence-corrected chi connectivity index (χ2v) is 3.95. The summed E-state index contributed by atoms with van der Waals surface area (Å²) in [6.07, 6.45) is 0. The zero-order chi connectivity index (χ0) is 10.1. The number of nitrogens with one attached hydrogen (secondary N) is 1. The van der Waals surface area contributed by atoms with Gasteiger partial charge in [-0.2, -0.15) is 0 Å². The second kappa shape index (κ2) is 3.21. The molecular formula is C7H16N6. The number of aromatic nitrogens is 3. The van der Waals surface area contributed by atoms with E-state index < -0.39 is 0 Å². The van der Waals surface area contributed by atoms with Crippen LogP contribution in [0.25, 0.3) is 0 Å². The molecule has 0 fully saturated rings. The molecule has 0 unspecified atom stereocenters. The molecule has 1 aromatic rings. The van der Waals surface area contributed by atoms with Crippen LogP contribution in [0, 0.1) is 0 Å². The molecule has 0 aliphatic rings. The Labute approximate surface area is 77.3 Å². The average Bonchev–Trinajstić information content (AvgIpc) is 2.29. The van der Waals surface area contributed by atoms with Crippen LogP contribution in [-0.2, 0) is 6.54 Å². The minimum absolute atomic E-state index is 0.0285. The quantitative estimate of drug-likeness (QED) is 0.537. The van der Waals surface area contributed by atoms with Crippen molar-refractivity contribution in [3.63, 3.8) is 0 Å². The van der Waals surface area contributed by atoms with Crippen molar-refractivity contribution in [3.8, 4) is 0 Å². The first-order chi connectivity index (χ1) is 5.90. The molecule has 1 aromatic heterocycles. The molecule has 1 rings (SSSR count). The van der Waals surface area contributed by atoms with E-state index in [-0.39, 0.29) is 11.5 Å². The van der Waals surface area contributed by atoms with Crippen LogP contribution in [0.4, 0.5) is 5.95 Å². The third-order valence-electron chi connectivity index (χ3n) is 1.57. The Kier molecular flexibility index (Phi) is 2.42. The van der Waals surface area contributed by atoms with E-state index in [1.54, 1.807) is 0 Å². The van der Waals surface area contributed by atoms with Crippen molar-refractivity contribution in [1.29, 1.82) is 0 Å². The maximum absolute atomic E-state index is 5.56. The van der Waals surface area contributed by atoms with Crippen LogP contribution in [0.3, 0.4) is 0 Å². The van der Waals surface area contributed by atoms with Crippen LogP contribution in [-0.4, -0.2) is 20.4 Å². The minimum Gasteiger partial charge on any atom is -0.366 e. The van der Waals surface area contributed by atoms with Crippen molar-refractivity contribution in [3.05, 3.63) is 5.82 Å². The van der Waals surface area contributed by atoms with E-state index in [1.165, 1.54) is 4.68 Å². The molecule has 6 nitrogen and oxygen atoms in total. The largest absolute Gasteiger partial charge is 0.366 e. The van der Waals surface area contributed by atoms with E-state index >= 15 is 0 Å². The minimum atomic E-state index is 0.0285. The molecule has 0 aliphatic carbocycles. The Bertz CT molecular complexity index is 284. The first kappa shape index (κ1) is 9.79. The molecule has 0 radical (unpaired) electrons. The van der Waals surface area contributed by atoms with Crippen LogP contribution in [0.1, 0.15) is 26.6 Å². The Hall–Kier alpha value is -1.30. The van der Waals surface area contributed by atoms with Gasteiger partial charge in [0.15, 0.2) is 5.82 Å². The molecule has 0 saturated carbocycles. The van der Waals surface area contributed by atoms with Crippen molar-refractivity contribution >= 4 is 5.95 Å². The summed E-state index contributed by atoms with van der Waals surface area (Å²) in [5.41, 5.74) is 5.45. The zero-order valence-corrected chi connectivity index (χ0v) is 8.20. The number of nitrogens with two attached hydrogens (primary N) is 2. The number of hydrogen-bond acceptors (Lipinski definition) is 5. The number of hydrogen-bond donors (Lipinski definition) is 3. The van der Waals surface area contributed by atoms with Gasteiger partial charge in [0.1, 0.15) is 0 Å². The SMILES string of the molecule is CC(C)(C)NCc1nnc(N)n1N. The maximum atomic E-state index is 5.56. The van der Waals surface area contributed by atoms with Gasteiger partial charge in [-0.15, -0.1) is 10.2 Å². The molecule has 5 N–H and O–H groups in total. The Morgan fingerprint density at radius 2 is 2.00 bits per heavy atom. The summed E-state index contributed by atoms with van der Waals surface area (Å²) in [7, 11) is 0. The van der Waals surface area contributed by atoms with Crippen molar-refractivity contribution < 1.29 is 0 Å². The smallest absolute Gasteiger partial charge is 0.240 e. The monoisotopic (exact) mass is 184 g/mol. The Morgan fingerprint density at radius 3 is 2.38 bits per heavy atom. The summed E-state index contributed by atoms with van der Waals surface area (Å²) in [4.78, 5) is 0. The Morgan fingerprint density at radius 1 is 1.38 bits per heavy atom. The van der Waals surface area contributed by atoms with Gasteiger partial charge in [0, 0.05) is 5.54 Å². The van der Waals surface area contributed by atoms with E-state index in [0.29, 0.717) is 12.4 Å². The van der Waals surface area contributed by atoms with E-state index in [0.717, 1.165) is 0 Å². The predicted molar refractivity (Wildman–Crippen MR) is 51.2 cm³/mol. The standard InChI is InChI=1S/C7H16N6/c1-7(2,3)10-4-5-11-12-6(8)13(5)9/h10H,4,9H2,1-3H3,(H2,8,12). The van der Waals surface area contributed by atoms with Crippen molar-refractivity contribution in [2.24, 2.45) is 0 Å². The summed E-state index contributed by atoms with van der Waals surface area (Å²) in [5.74, 6) is 6.42. The first-order valence-corrected chi connectivity index (χ1v) is 4.10. The number of rotatable bonds is 2. The molecule has 0 amide bonds. The van der Waals surface area contributed by atoms with E-state index in [4.69, 9.17) is 11.6 Å². The summed E-state index contributed by atoms with van der Waals surface area (Å²) in [5, 5.41) is 10.7. The Balaban J connectivity index is 2.60. The van der Waals surface area contributed by atoms with Crippen molar-refractivity contribution in [1.82, 2.24) is 20.2 Å². The molecule has 0 atom stereocenters. The van der Waals surface area contributed by atoms with Crippen LogP contribution in [0.15, 0.2) is 0 Å². The molecule has 0 spiro atoms. The predicted octanol–water partition coefficient (Wildman–Crippen LogP) is -0.538. The van der Waals surface area contributed by atoms with Crippen LogP contribution in [0.2, 0.25) is 0 Å². The highest BCUT2D eigenvalue weighted by molar-refractivity contribution is 5.16. The number of anilines is 1. The fourth-order valence-electron chi connectivity index (χ4n) is 0.802. The normalized spacial score (nSPS) is 11.9.